The third-order valence-electron chi connectivity index (χ3n) is 4.22. The highest BCUT2D eigenvalue weighted by molar-refractivity contribution is 4.97. The maximum atomic E-state index is 3.31. The number of likely N-dealkylation sites (tertiary alicyclic amines) is 1. The molecule has 0 aromatic heterocycles. The van der Waals surface area contributed by atoms with Crippen LogP contribution in [0.25, 0.3) is 0 Å². The Hall–Kier alpha value is -0.0800. The Morgan fingerprint density at radius 2 is 1.93 bits per heavy atom. The van der Waals surface area contributed by atoms with E-state index in [1.807, 2.05) is 0 Å². The van der Waals surface area contributed by atoms with Crippen molar-refractivity contribution in [1.29, 1.82) is 0 Å². The van der Waals surface area contributed by atoms with Crippen molar-refractivity contribution in [3.63, 3.8) is 0 Å². The van der Waals surface area contributed by atoms with Gasteiger partial charge in [0.15, 0.2) is 0 Å². The Morgan fingerprint density at radius 1 is 1.29 bits per heavy atom. The number of rotatable bonds is 3. The monoisotopic (exact) mass is 196 g/mol. The lowest BCUT2D eigenvalue weighted by Crippen LogP contribution is -2.57. The highest BCUT2D eigenvalue weighted by Gasteiger charge is 2.43. The van der Waals surface area contributed by atoms with E-state index in [1.54, 1.807) is 0 Å². The lowest BCUT2D eigenvalue weighted by Gasteiger charge is -2.53. The topological polar surface area (TPSA) is 15.3 Å². The van der Waals surface area contributed by atoms with E-state index in [4.69, 9.17) is 0 Å². The van der Waals surface area contributed by atoms with Gasteiger partial charge in [0.2, 0.25) is 0 Å². The first-order valence-corrected chi connectivity index (χ1v) is 6.15. The smallest absolute Gasteiger partial charge is 0.00504 e. The fourth-order valence-electron chi connectivity index (χ4n) is 3.22. The Morgan fingerprint density at radius 3 is 2.43 bits per heavy atom. The molecule has 1 aliphatic heterocycles. The van der Waals surface area contributed by atoms with Crippen LogP contribution in [0, 0.1) is 11.3 Å². The van der Waals surface area contributed by atoms with Gasteiger partial charge in [0, 0.05) is 13.1 Å². The fourth-order valence-corrected chi connectivity index (χ4v) is 3.22. The summed E-state index contributed by atoms with van der Waals surface area (Å²) in [6.45, 7) is 7.53. The molecule has 0 amide bonds. The molecule has 0 atom stereocenters. The fraction of sp³-hybridized carbons (Fsp3) is 1.00. The van der Waals surface area contributed by atoms with E-state index in [0.29, 0.717) is 0 Å². The molecule has 0 bridgehead atoms. The van der Waals surface area contributed by atoms with Crippen molar-refractivity contribution in [3.05, 3.63) is 0 Å². The maximum Gasteiger partial charge on any atom is 0.00504 e. The van der Waals surface area contributed by atoms with Crippen LogP contribution < -0.4 is 5.32 Å². The van der Waals surface area contributed by atoms with Gasteiger partial charge in [-0.3, -0.25) is 0 Å². The molecule has 1 saturated carbocycles. The summed E-state index contributed by atoms with van der Waals surface area (Å²) in [4.78, 5) is 2.58. The van der Waals surface area contributed by atoms with Crippen molar-refractivity contribution < 1.29 is 0 Å². The molecule has 0 aromatic carbocycles. The SMILES string of the molecule is CCN1CC2(CCC(CNC)CC2)C1. The molecule has 0 aromatic rings. The van der Waals surface area contributed by atoms with Crippen LogP contribution in [0.3, 0.4) is 0 Å². The summed E-state index contributed by atoms with van der Waals surface area (Å²) in [5.41, 5.74) is 0.750. The minimum atomic E-state index is 0.750. The molecular weight excluding hydrogens is 172 g/mol. The van der Waals surface area contributed by atoms with Crippen LogP contribution in [0.15, 0.2) is 0 Å². The van der Waals surface area contributed by atoms with Gasteiger partial charge in [-0.25, -0.2) is 0 Å². The minimum Gasteiger partial charge on any atom is -0.319 e. The summed E-state index contributed by atoms with van der Waals surface area (Å²) in [5, 5.41) is 3.31. The molecule has 2 aliphatic rings. The highest BCUT2D eigenvalue weighted by atomic mass is 15.2. The second-order valence-electron chi connectivity index (χ2n) is 5.30. The van der Waals surface area contributed by atoms with Crippen LogP contribution in [0.5, 0.6) is 0 Å². The zero-order valence-electron chi connectivity index (χ0n) is 9.68. The van der Waals surface area contributed by atoms with Gasteiger partial charge in [-0.15, -0.1) is 0 Å². The lowest BCUT2D eigenvalue weighted by molar-refractivity contribution is -0.0342. The van der Waals surface area contributed by atoms with Gasteiger partial charge in [0.25, 0.3) is 0 Å². The van der Waals surface area contributed by atoms with Gasteiger partial charge < -0.3 is 10.2 Å². The van der Waals surface area contributed by atoms with E-state index in [2.05, 4.69) is 24.2 Å². The van der Waals surface area contributed by atoms with Crippen molar-refractivity contribution in [2.75, 3.05) is 33.2 Å². The average Bonchev–Trinajstić information content (AvgIpc) is 2.16. The normalized spacial score (nSPS) is 27.9. The van der Waals surface area contributed by atoms with Crippen LogP contribution in [0.1, 0.15) is 32.6 Å². The zero-order chi connectivity index (χ0) is 10.0. The Bertz CT molecular complexity index is 175. The zero-order valence-corrected chi connectivity index (χ0v) is 9.68. The highest BCUT2D eigenvalue weighted by Crippen LogP contribution is 2.45. The van der Waals surface area contributed by atoms with E-state index >= 15 is 0 Å². The standard InChI is InChI=1S/C12H24N2/c1-3-14-9-12(10-14)6-4-11(5-7-12)8-13-2/h11,13H,3-10H2,1-2H3. The van der Waals surface area contributed by atoms with Gasteiger partial charge in [0.05, 0.1) is 0 Å². The van der Waals surface area contributed by atoms with Crippen LogP contribution in [0.4, 0.5) is 0 Å². The Labute approximate surface area is 88.1 Å². The predicted octanol–water partition coefficient (Wildman–Crippen LogP) is 1.72. The summed E-state index contributed by atoms with van der Waals surface area (Å²) in [6, 6.07) is 0. The molecule has 1 saturated heterocycles. The molecule has 0 unspecified atom stereocenters. The first-order chi connectivity index (χ1) is 6.78. The van der Waals surface area contributed by atoms with Gasteiger partial charge in [-0.05, 0) is 57.2 Å². The van der Waals surface area contributed by atoms with Crippen molar-refractivity contribution >= 4 is 0 Å². The first-order valence-electron chi connectivity index (χ1n) is 6.15. The number of nitrogens with one attached hydrogen (secondary N) is 1. The molecule has 2 nitrogen and oxygen atoms in total. The van der Waals surface area contributed by atoms with Crippen LogP contribution in [0.2, 0.25) is 0 Å². The molecule has 2 rings (SSSR count). The number of hydrogen-bond donors (Lipinski definition) is 1. The third-order valence-corrected chi connectivity index (χ3v) is 4.22. The van der Waals surface area contributed by atoms with E-state index in [9.17, 15) is 0 Å². The summed E-state index contributed by atoms with van der Waals surface area (Å²) in [7, 11) is 2.08. The quantitative estimate of drug-likeness (QED) is 0.739. The average molecular weight is 196 g/mol. The van der Waals surface area contributed by atoms with Gasteiger partial charge in [0.1, 0.15) is 0 Å². The summed E-state index contributed by atoms with van der Waals surface area (Å²) < 4.78 is 0. The van der Waals surface area contributed by atoms with Crippen molar-refractivity contribution in [3.8, 4) is 0 Å². The van der Waals surface area contributed by atoms with E-state index in [0.717, 1.165) is 11.3 Å². The van der Waals surface area contributed by atoms with E-state index < -0.39 is 0 Å². The first kappa shape index (κ1) is 10.4. The summed E-state index contributed by atoms with van der Waals surface area (Å²) >= 11 is 0. The Balaban J connectivity index is 1.74. The molecule has 1 heterocycles. The van der Waals surface area contributed by atoms with Crippen molar-refractivity contribution in [2.45, 2.75) is 32.6 Å². The molecule has 2 heteroatoms. The van der Waals surface area contributed by atoms with Crippen LogP contribution >= 0.6 is 0 Å². The van der Waals surface area contributed by atoms with E-state index in [1.165, 1.54) is 51.9 Å². The molecule has 1 N–H and O–H groups in total. The molecular formula is C12H24N2. The molecule has 0 radical (unpaired) electrons. The number of nitrogens with zero attached hydrogens (tertiary/aromatic N) is 1. The predicted molar refractivity (Wildman–Crippen MR) is 60.4 cm³/mol. The number of hydrogen-bond acceptors (Lipinski definition) is 2. The Kier molecular flexibility index (Phi) is 3.13. The van der Waals surface area contributed by atoms with Gasteiger partial charge >= 0.3 is 0 Å². The second-order valence-corrected chi connectivity index (χ2v) is 5.30. The molecule has 14 heavy (non-hydrogen) atoms. The molecule has 1 aliphatic carbocycles. The minimum absolute atomic E-state index is 0.750. The second kappa shape index (κ2) is 4.19. The molecule has 1 spiro atoms. The molecule has 2 fully saturated rings. The third kappa shape index (κ3) is 1.96. The van der Waals surface area contributed by atoms with Gasteiger partial charge in [-0.1, -0.05) is 6.92 Å². The van der Waals surface area contributed by atoms with Crippen LogP contribution in [-0.4, -0.2) is 38.1 Å². The van der Waals surface area contributed by atoms with Crippen LogP contribution in [-0.2, 0) is 0 Å². The van der Waals surface area contributed by atoms with Gasteiger partial charge in [-0.2, -0.15) is 0 Å². The van der Waals surface area contributed by atoms with E-state index in [-0.39, 0.29) is 0 Å². The molecule has 82 valence electrons. The van der Waals surface area contributed by atoms with Crippen molar-refractivity contribution in [2.24, 2.45) is 11.3 Å². The summed E-state index contributed by atoms with van der Waals surface area (Å²) in [6.07, 6.45) is 5.88. The summed E-state index contributed by atoms with van der Waals surface area (Å²) in [5.74, 6) is 0.960. The largest absolute Gasteiger partial charge is 0.319 e. The van der Waals surface area contributed by atoms with Crippen molar-refractivity contribution in [1.82, 2.24) is 10.2 Å². The lowest BCUT2D eigenvalue weighted by atomic mass is 9.66. The maximum absolute atomic E-state index is 3.31.